The molecule has 0 amide bonds. The predicted octanol–water partition coefficient (Wildman–Crippen LogP) is -1.40. The number of carbonyl (C=O) groups excluding carboxylic acids is 1. The molecule has 0 spiro atoms. The minimum absolute atomic E-state index is 0. The number of nitrogens with zero attached hydrogens (tertiary/aromatic N) is 1. The van der Waals surface area contributed by atoms with Crippen LogP contribution in [0.1, 0.15) is 20.8 Å². The molecule has 0 aromatic heterocycles. The lowest BCUT2D eigenvalue weighted by molar-refractivity contribution is -0.923. The van der Waals surface area contributed by atoms with Crippen LogP contribution in [0.3, 0.4) is 0 Å². The van der Waals surface area contributed by atoms with Crippen molar-refractivity contribution in [1.82, 2.24) is 0 Å². The van der Waals surface area contributed by atoms with Crippen LogP contribution in [0.5, 0.6) is 0 Å². The van der Waals surface area contributed by atoms with Crippen LogP contribution in [0.15, 0.2) is 12.7 Å². The summed E-state index contributed by atoms with van der Waals surface area (Å²) in [5.41, 5.74) is 0. The summed E-state index contributed by atoms with van der Waals surface area (Å²) in [5.74, 6) is -0.327. The molecular weight excluding hydrogens is 214 g/mol. The Morgan fingerprint density at radius 3 is 2.07 bits per heavy atom. The number of likely N-dealkylation sites (N-methyl/N-ethyl adjacent to an activating group) is 1. The maximum absolute atomic E-state index is 10.8. The summed E-state index contributed by atoms with van der Waals surface area (Å²) in [5, 5.41) is 0. The second-order valence-electron chi connectivity index (χ2n) is 3.39. The van der Waals surface area contributed by atoms with E-state index in [4.69, 9.17) is 4.74 Å². The minimum Gasteiger partial charge on any atom is -1.00 e. The van der Waals surface area contributed by atoms with E-state index in [1.807, 2.05) is 0 Å². The van der Waals surface area contributed by atoms with Crippen molar-refractivity contribution in [3.05, 3.63) is 12.7 Å². The standard InChI is InChI=1S/C11H22NO2.ClH/c1-5-11(13)14-10-9-12(6-2,7-3)8-4;/h5H,1,6-10H2,2-4H3;1H/q+1;/p-1. The molecule has 0 aliphatic rings. The quantitative estimate of drug-likeness (QED) is 0.308. The van der Waals surface area contributed by atoms with E-state index in [-0.39, 0.29) is 18.4 Å². The number of ether oxygens (including phenoxy) is 1. The number of rotatable bonds is 7. The van der Waals surface area contributed by atoms with Crippen molar-refractivity contribution in [2.45, 2.75) is 20.8 Å². The third-order valence-electron chi connectivity index (χ3n) is 2.99. The largest absolute Gasteiger partial charge is 1.00 e. The Bertz CT molecular complexity index is 183. The van der Waals surface area contributed by atoms with Gasteiger partial charge in [-0.05, 0) is 20.8 Å². The van der Waals surface area contributed by atoms with Gasteiger partial charge in [0.05, 0.1) is 19.6 Å². The van der Waals surface area contributed by atoms with Gasteiger partial charge in [-0.25, -0.2) is 4.79 Å². The number of hydrogen-bond acceptors (Lipinski definition) is 2. The number of carbonyl (C=O) groups is 1. The number of halogens is 1. The SMILES string of the molecule is C=CC(=O)OCC[N+](CC)(CC)CC.[Cl-]. The van der Waals surface area contributed by atoms with Gasteiger partial charge in [-0.1, -0.05) is 6.58 Å². The van der Waals surface area contributed by atoms with Gasteiger partial charge in [-0.15, -0.1) is 0 Å². The molecule has 3 nitrogen and oxygen atoms in total. The molecule has 0 heterocycles. The topological polar surface area (TPSA) is 26.3 Å². The van der Waals surface area contributed by atoms with Gasteiger partial charge >= 0.3 is 5.97 Å². The zero-order valence-electron chi connectivity index (χ0n) is 9.96. The maximum atomic E-state index is 10.8. The molecule has 0 atom stereocenters. The third kappa shape index (κ3) is 5.80. The van der Waals surface area contributed by atoms with Gasteiger partial charge in [0.15, 0.2) is 0 Å². The monoisotopic (exact) mass is 235 g/mol. The molecule has 0 fully saturated rings. The number of esters is 1. The summed E-state index contributed by atoms with van der Waals surface area (Å²) in [4.78, 5) is 10.8. The molecule has 0 aromatic rings. The van der Waals surface area contributed by atoms with Crippen molar-refractivity contribution in [2.75, 3.05) is 32.8 Å². The first-order valence-corrected chi connectivity index (χ1v) is 5.28. The van der Waals surface area contributed by atoms with Crippen LogP contribution in [0.25, 0.3) is 0 Å². The van der Waals surface area contributed by atoms with Crippen LogP contribution in [0.4, 0.5) is 0 Å². The first-order chi connectivity index (χ1) is 6.64. The molecule has 0 unspecified atom stereocenters. The fourth-order valence-corrected chi connectivity index (χ4v) is 1.54. The average molecular weight is 236 g/mol. The van der Waals surface area contributed by atoms with E-state index in [2.05, 4.69) is 27.4 Å². The predicted molar refractivity (Wildman–Crippen MR) is 57.9 cm³/mol. The fraction of sp³-hybridized carbons (Fsp3) is 0.727. The lowest BCUT2D eigenvalue weighted by atomic mass is 10.3. The van der Waals surface area contributed by atoms with Crippen molar-refractivity contribution >= 4 is 5.97 Å². The molecule has 15 heavy (non-hydrogen) atoms. The molecule has 0 aliphatic heterocycles. The van der Waals surface area contributed by atoms with Crippen LogP contribution in [-0.2, 0) is 9.53 Å². The van der Waals surface area contributed by atoms with E-state index >= 15 is 0 Å². The van der Waals surface area contributed by atoms with E-state index in [1.54, 1.807) is 0 Å². The highest BCUT2D eigenvalue weighted by molar-refractivity contribution is 5.81. The van der Waals surface area contributed by atoms with Crippen molar-refractivity contribution in [2.24, 2.45) is 0 Å². The Labute approximate surface area is 99.1 Å². The van der Waals surface area contributed by atoms with Crippen molar-refractivity contribution < 1.29 is 26.4 Å². The van der Waals surface area contributed by atoms with Crippen LogP contribution in [-0.4, -0.2) is 43.2 Å². The van der Waals surface area contributed by atoms with E-state index in [9.17, 15) is 4.79 Å². The fourth-order valence-electron chi connectivity index (χ4n) is 1.54. The van der Waals surface area contributed by atoms with Crippen molar-refractivity contribution in [3.8, 4) is 0 Å². The molecule has 0 rings (SSSR count). The van der Waals surface area contributed by atoms with Crippen LogP contribution >= 0.6 is 0 Å². The van der Waals surface area contributed by atoms with Crippen LogP contribution in [0.2, 0.25) is 0 Å². The first kappa shape index (κ1) is 16.9. The Kier molecular flexibility index (Phi) is 9.84. The maximum Gasteiger partial charge on any atom is 0.330 e. The molecule has 4 heteroatoms. The molecule has 0 saturated carbocycles. The first-order valence-electron chi connectivity index (χ1n) is 5.28. The van der Waals surface area contributed by atoms with E-state index in [0.717, 1.165) is 30.7 Å². The van der Waals surface area contributed by atoms with Crippen molar-refractivity contribution in [1.29, 1.82) is 0 Å². The van der Waals surface area contributed by atoms with Gasteiger partial charge in [0.25, 0.3) is 0 Å². The number of quaternary nitrogens is 1. The smallest absolute Gasteiger partial charge is 0.330 e. The van der Waals surface area contributed by atoms with Gasteiger partial charge in [0.1, 0.15) is 13.2 Å². The molecule has 90 valence electrons. The van der Waals surface area contributed by atoms with Gasteiger partial charge < -0.3 is 21.6 Å². The molecule has 0 bridgehead atoms. The number of hydrogen-bond donors (Lipinski definition) is 0. The van der Waals surface area contributed by atoms with Crippen molar-refractivity contribution in [3.63, 3.8) is 0 Å². The highest BCUT2D eigenvalue weighted by atomic mass is 35.5. The van der Waals surface area contributed by atoms with Gasteiger partial charge in [-0.3, -0.25) is 0 Å². The van der Waals surface area contributed by atoms with Gasteiger partial charge in [0, 0.05) is 6.08 Å². The second kappa shape index (κ2) is 8.74. The third-order valence-corrected chi connectivity index (χ3v) is 2.99. The lowest BCUT2D eigenvalue weighted by Gasteiger charge is -2.35. The molecule has 0 N–H and O–H groups in total. The Balaban J connectivity index is 0. The zero-order valence-corrected chi connectivity index (χ0v) is 10.7. The summed E-state index contributed by atoms with van der Waals surface area (Å²) in [6, 6.07) is 0. The normalized spacial score (nSPS) is 10.3. The molecule has 0 aliphatic carbocycles. The Hall–Kier alpha value is -0.540. The van der Waals surface area contributed by atoms with E-state index in [0.29, 0.717) is 6.61 Å². The molecule has 0 aromatic carbocycles. The highest BCUT2D eigenvalue weighted by Gasteiger charge is 2.20. The second-order valence-corrected chi connectivity index (χ2v) is 3.39. The summed E-state index contributed by atoms with van der Waals surface area (Å²) in [6.45, 7) is 14.5. The molecule has 0 saturated heterocycles. The lowest BCUT2D eigenvalue weighted by Crippen LogP contribution is -3.00. The van der Waals surface area contributed by atoms with Crippen LogP contribution in [0, 0.1) is 0 Å². The minimum atomic E-state index is -0.327. The van der Waals surface area contributed by atoms with E-state index in [1.165, 1.54) is 6.08 Å². The summed E-state index contributed by atoms with van der Waals surface area (Å²) in [7, 11) is 0. The summed E-state index contributed by atoms with van der Waals surface area (Å²) >= 11 is 0. The van der Waals surface area contributed by atoms with Crippen LogP contribution < -0.4 is 12.4 Å². The Morgan fingerprint density at radius 2 is 1.73 bits per heavy atom. The van der Waals surface area contributed by atoms with E-state index < -0.39 is 0 Å². The van der Waals surface area contributed by atoms with Gasteiger partial charge in [-0.2, -0.15) is 0 Å². The van der Waals surface area contributed by atoms with Gasteiger partial charge in [0.2, 0.25) is 0 Å². The molecule has 0 radical (unpaired) electrons. The highest BCUT2D eigenvalue weighted by Crippen LogP contribution is 2.04. The summed E-state index contributed by atoms with van der Waals surface area (Å²) in [6.07, 6.45) is 1.21. The molecular formula is C11H22ClNO2. The average Bonchev–Trinajstić information content (AvgIpc) is 2.25. The summed E-state index contributed by atoms with van der Waals surface area (Å²) < 4.78 is 5.98. The zero-order chi connectivity index (χ0) is 11.0. The Morgan fingerprint density at radius 1 is 1.27 bits per heavy atom.